The fourth-order valence-corrected chi connectivity index (χ4v) is 4.44. The van der Waals surface area contributed by atoms with Gasteiger partial charge in [-0.25, -0.2) is 0 Å². The molecule has 13 heteroatoms. The van der Waals surface area contributed by atoms with Gasteiger partial charge in [0, 0.05) is 0 Å². The molecule has 0 bridgehead atoms. The third-order valence-corrected chi connectivity index (χ3v) is 5.59. The second-order valence-corrected chi connectivity index (χ2v) is 8.30. The number of hydrogen-bond acceptors (Lipinski definition) is 10. The van der Waals surface area contributed by atoms with Crippen molar-refractivity contribution in [3.8, 4) is 6.01 Å². The van der Waals surface area contributed by atoms with Gasteiger partial charge in [-0.2, -0.15) is 0 Å². The topological polar surface area (TPSA) is 147 Å². The molecular weight excluding hydrogens is 352 g/mol. The van der Waals surface area contributed by atoms with E-state index in [0.717, 1.165) is 0 Å². The number of ether oxygens (including phenoxy) is 2. The average molecular weight is 371 g/mol. The number of anilines is 1. The number of nitrogens with two attached hydrogens (primary N) is 1. The number of aromatic nitrogens is 4. The fraction of sp³-hybridized carbons (Fsp3) is 0.583. The molecule has 2 saturated heterocycles. The molecule has 4 rings (SSSR count). The van der Waals surface area contributed by atoms with Crippen molar-refractivity contribution in [2.24, 2.45) is 0 Å². The first kappa shape index (κ1) is 16.9. The standard InChI is InChI=1S/C12H19BN5O6P/c1-2-21-12-17-6-9(14)15-4-16-10(6)18(12)11-7(19)8-5(23-11)3-22-25(13,20)24-8/h4-5,7-8,11,19-20,25H,2-3,13H2,1H3,(H2,14,15,16)/t5-,7?,8-,11-/m1/s1. The van der Waals surface area contributed by atoms with E-state index in [1.54, 1.807) is 0 Å². The van der Waals surface area contributed by atoms with E-state index >= 15 is 0 Å². The molecule has 2 fully saturated rings. The molecule has 136 valence electrons. The van der Waals surface area contributed by atoms with E-state index in [1.807, 2.05) is 6.92 Å². The van der Waals surface area contributed by atoms with Crippen molar-refractivity contribution in [2.75, 3.05) is 18.9 Å². The molecule has 2 aromatic rings. The summed E-state index contributed by atoms with van der Waals surface area (Å²) >= 11 is 0. The van der Waals surface area contributed by atoms with E-state index in [-0.39, 0.29) is 18.4 Å². The van der Waals surface area contributed by atoms with Crippen LogP contribution in [0.5, 0.6) is 6.01 Å². The Bertz CT molecular complexity index is 806. The first-order valence-corrected chi connectivity index (χ1v) is 10.2. The van der Waals surface area contributed by atoms with Crippen molar-refractivity contribution in [2.45, 2.75) is 31.5 Å². The van der Waals surface area contributed by atoms with Crippen molar-refractivity contribution in [3.05, 3.63) is 6.33 Å². The molecular formula is C12H19BN5O6P. The van der Waals surface area contributed by atoms with Crippen molar-refractivity contribution < 1.29 is 28.5 Å². The first-order chi connectivity index (χ1) is 11.9. The van der Waals surface area contributed by atoms with E-state index in [1.165, 1.54) is 18.5 Å². The molecule has 0 spiro atoms. The second-order valence-electron chi connectivity index (χ2n) is 5.98. The van der Waals surface area contributed by atoms with Gasteiger partial charge >= 0.3 is 143 Å². The molecule has 2 aliphatic rings. The first-order valence-electron chi connectivity index (χ1n) is 7.90. The van der Waals surface area contributed by atoms with Crippen molar-refractivity contribution in [3.63, 3.8) is 0 Å². The maximum atomic E-state index is 10.7. The molecule has 11 nitrogen and oxygen atoms in total. The average Bonchev–Trinajstić information content (AvgIpc) is 3.06. The molecule has 2 aromatic heterocycles. The van der Waals surface area contributed by atoms with Crippen LogP contribution >= 0.6 is 7.82 Å². The molecule has 4 atom stereocenters. The summed E-state index contributed by atoms with van der Waals surface area (Å²) in [4.78, 5) is 22.5. The summed E-state index contributed by atoms with van der Waals surface area (Å²) in [5, 5.41) is 10.7. The molecule has 0 amide bonds. The zero-order valence-corrected chi connectivity index (χ0v) is 14.7. The molecule has 25 heavy (non-hydrogen) atoms. The van der Waals surface area contributed by atoms with Crippen LogP contribution < -0.4 is 10.5 Å². The monoisotopic (exact) mass is 371 g/mol. The summed E-state index contributed by atoms with van der Waals surface area (Å²) in [5.41, 5.74) is 6.60. The predicted molar refractivity (Wildman–Crippen MR) is 90.7 cm³/mol. The van der Waals surface area contributed by atoms with E-state index in [2.05, 4.69) is 15.0 Å². The van der Waals surface area contributed by atoms with Gasteiger partial charge in [-0.3, -0.25) is 0 Å². The van der Waals surface area contributed by atoms with E-state index in [9.17, 15) is 10.00 Å². The van der Waals surface area contributed by atoms with Gasteiger partial charge in [0.15, 0.2) is 0 Å². The Morgan fingerprint density at radius 2 is 2.32 bits per heavy atom. The molecule has 0 radical (unpaired) electrons. The molecule has 4 N–H and O–H groups in total. The zero-order chi connectivity index (χ0) is 17.8. The van der Waals surface area contributed by atoms with Crippen LogP contribution in [0.2, 0.25) is 0 Å². The summed E-state index contributed by atoms with van der Waals surface area (Å²) < 4.78 is 23.8. The molecule has 2 aliphatic heterocycles. The summed E-state index contributed by atoms with van der Waals surface area (Å²) in [5.74, 6) is 0.199. The number of nitrogens with zero attached hydrogens (tertiary/aromatic N) is 4. The Morgan fingerprint density at radius 1 is 1.52 bits per heavy atom. The van der Waals surface area contributed by atoms with Gasteiger partial charge in [0.1, 0.15) is 0 Å². The van der Waals surface area contributed by atoms with Gasteiger partial charge in [0.25, 0.3) is 0 Å². The van der Waals surface area contributed by atoms with Crippen molar-refractivity contribution >= 4 is 32.4 Å². The Balaban J connectivity index is 1.77. The number of aliphatic hydroxyl groups is 1. The van der Waals surface area contributed by atoms with Gasteiger partial charge in [0.05, 0.1) is 0 Å². The van der Waals surface area contributed by atoms with Crippen LogP contribution in [0.4, 0.5) is 5.82 Å². The van der Waals surface area contributed by atoms with E-state index in [0.29, 0.717) is 17.8 Å². The number of hydrogen-bond donors (Lipinski definition) is 3. The normalized spacial score (nSPS) is 32.4. The summed E-state index contributed by atoms with van der Waals surface area (Å²) in [6, 6.07) is 0.206. The number of rotatable bonds is 3. The minimum atomic E-state index is -3.27. The Morgan fingerprint density at radius 3 is 3.08 bits per heavy atom. The molecule has 0 saturated carbocycles. The molecule has 0 aliphatic carbocycles. The van der Waals surface area contributed by atoms with Crippen LogP contribution in [-0.4, -0.2) is 68.6 Å². The maximum absolute atomic E-state index is 10.7. The van der Waals surface area contributed by atoms with Gasteiger partial charge < -0.3 is 0 Å². The third-order valence-electron chi connectivity index (χ3n) is 4.18. The number of fused-ring (bicyclic) bond motifs is 2. The molecule has 4 heterocycles. The van der Waals surface area contributed by atoms with Crippen LogP contribution in [-0.2, 0) is 13.8 Å². The number of nitrogen functional groups attached to an aromatic ring is 1. The van der Waals surface area contributed by atoms with Gasteiger partial charge in [-0.1, -0.05) is 0 Å². The van der Waals surface area contributed by atoms with E-state index in [4.69, 9.17) is 24.3 Å². The van der Waals surface area contributed by atoms with Crippen LogP contribution in [0, 0.1) is 0 Å². The SMILES string of the molecule is B[PH]1(O)OC[C@H]2O[C@@H](n3c(OCC)nc4c(N)ncnc43)C(O)[C@@H]2O1. The van der Waals surface area contributed by atoms with Crippen molar-refractivity contribution in [1.82, 2.24) is 19.5 Å². The van der Waals surface area contributed by atoms with Gasteiger partial charge in [-0.15, -0.1) is 0 Å². The van der Waals surface area contributed by atoms with E-state index < -0.39 is 32.4 Å². The summed E-state index contributed by atoms with van der Waals surface area (Å²) in [6.45, 7) is 2.29. The number of aliphatic hydroxyl groups excluding tert-OH is 1. The fourth-order valence-electron chi connectivity index (χ4n) is 3.10. The molecule has 0 aromatic carbocycles. The Labute approximate surface area is 144 Å². The third kappa shape index (κ3) is 2.75. The summed E-state index contributed by atoms with van der Waals surface area (Å²) in [7, 11) is -1.77. The molecule has 1 unspecified atom stereocenters. The second kappa shape index (κ2) is 6.01. The van der Waals surface area contributed by atoms with Gasteiger partial charge in [0.2, 0.25) is 0 Å². The Hall–Kier alpha value is -1.56. The van der Waals surface area contributed by atoms with Crippen molar-refractivity contribution in [1.29, 1.82) is 0 Å². The number of imidazole rings is 1. The Kier molecular flexibility index (Phi) is 4.06. The minimum absolute atomic E-state index is 0.130. The van der Waals surface area contributed by atoms with Gasteiger partial charge in [-0.05, 0) is 0 Å². The quantitative estimate of drug-likeness (QED) is 0.431. The van der Waals surface area contributed by atoms with Crippen LogP contribution in [0.25, 0.3) is 11.2 Å². The summed E-state index contributed by atoms with van der Waals surface area (Å²) in [6.07, 6.45) is -1.88. The van der Waals surface area contributed by atoms with Crippen LogP contribution in [0.1, 0.15) is 13.2 Å². The zero-order valence-electron chi connectivity index (χ0n) is 13.7. The van der Waals surface area contributed by atoms with Crippen LogP contribution in [0.3, 0.4) is 0 Å². The predicted octanol–water partition coefficient (Wildman–Crippen LogP) is -1.48. The van der Waals surface area contributed by atoms with Crippen LogP contribution in [0.15, 0.2) is 6.33 Å².